The monoisotopic (exact) mass is 293 g/mol. The highest BCUT2D eigenvalue weighted by atomic mass is 79.9. The van der Waals surface area contributed by atoms with Crippen LogP contribution in [-0.4, -0.2) is 21.7 Å². The number of unbranched alkanes of at least 4 members (excludes halogenated alkanes) is 5. The van der Waals surface area contributed by atoms with Gasteiger partial charge in [0.2, 0.25) is 21.7 Å². The summed E-state index contributed by atoms with van der Waals surface area (Å²) in [5, 5.41) is 0. The van der Waals surface area contributed by atoms with Crippen molar-refractivity contribution in [3.63, 3.8) is 0 Å². The predicted molar refractivity (Wildman–Crippen MR) is 78.7 cm³/mol. The molecule has 0 aliphatic rings. The van der Waals surface area contributed by atoms with Gasteiger partial charge in [-0.15, -0.1) is 17.0 Å². The minimum absolute atomic E-state index is 0. The average molecular weight is 295 g/mol. The predicted octanol–water partition coefficient (Wildman–Crippen LogP) is 4.73. The van der Waals surface area contributed by atoms with Gasteiger partial charge in [0.05, 0.1) is 0 Å². The molecule has 0 aliphatic carbocycles. The lowest BCUT2D eigenvalue weighted by atomic mass is 10.1. The van der Waals surface area contributed by atoms with Crippen molar-refractivity contribution in [3.8, 4) is 0 Å². The molecule has 0 unspecified atom stereocenters. The first-order chi connectivity index (χ1) is 7.43. The van der Waals surface area contributed by atoms with Crippen LogP contribution in [0.5, 0.6) is 0 Å². The Balaban J connectivity index is 0.00000225. The van der Waals surface area contributed by atoms with Crippen molar-refractivity contribution in [2.75, 3.05) is 0 Å². The Morgan fingerprint density at radius 3 is 1.94 bits per heavy atom. The summed E-state index contributed by atoms with van der Waals surface area (Å²) in [6.45, 7) is 0. The summed E-state index contributed by atoms with van der Waals surface area (Å²) in [5.74, 6) is 0. The second-order valence-electron chi connectivity index (χ2n) is 4.21. The molecule has 1 rings (SSSR count). The van der Waals surface area contributed by atoms with Gasteiger partial charge in [0.1, 0.15) is 0 Å². The lowest BCUT2D eigenvalue weighted by Crippen LogP contribution is -1.85. The molecule has 0 saturated heterocycles. The van der Waals surface area contributed by atoms with Gasteiger partial charge in [0.25, 0.3) is 0 Å². The summed E-state index contributed by atoms with van der Waals surface area (Å²) in [7, 11) is 0. The molecule has 1 radical (unpaired) electrons. The molecule has 0 N–H and O–H groups in total. The molecule has 1 aromatic carbocycles. The molecule has 0 fully saturated rings. The molecule has 87 valence electrons. The van der Waals surface area contributed by atoms with E-state index in [0.29, 0.717) is 0 Å². The Hall–Kier alpha value is 0.466. The van der Waals surface area contributed by atoms with Crippen molar-refractivity contribution < 1.29 is 0 Å². The number of aryl methyl sites for hydroxylation is 1. The molecule has 0 spiro atoms. The molecule has 0 amide bonds. The summed E-state index contributed by atoms with van der Waals surface area (Å²) in [6.07, 6.45) is 9.75. The van der Waals surface area contributed by atoms with E-state index in [2.05, 4.69) is 52.0 Å². The van der Waals surface area contributed by atoms with Gasteiger partial charge < -0.3 is 0 Å². The SMILES string of the molecule is Br.[Mg][CH2]CCCCCCCc1ccccc1. The summed E-state index contributed by atoms with van der Waals surface area (Å²) in [6, 6.07) is 10.8. The van der Waals surface area contributed by atoms with Crippen LogP contribution in [0, 0.1) is 0 Å². The van der Waals surface area contributed by atoms with Crippen LogP contribution in [-0.2, 0) is 6.42 Å². The van der Waals surface area contributed by atoms with Crippen LogP contribution in [0.25, 0.3) is 0 Å². The van der Waals surface area contributed by atoms with Crippen molar-refractivity contribution >= 4 is 38.7 Å². The number of hydrogen-bond donors (Lipinski definition) is 0. The van der Waals surface area contributed by atoms with Crippen LogP contribution in [0.3, 0.4) is 0 Å². The van der Waals surface area contributed by atoms with Crippen LogP contribution >= 0.6 is 17.0 Å². The molecular formula is C14H22BrMg. The summed E-state index contributed by atoms with van der Waals surface area (Å²) < 4.78 is 1.38. The van der Waals surface area contributed by atoms with Gasteiger partial charge in [-0.1, -0.05) is 62.4 Å². The van der Waals surface area contributed by atoms with Crippen LogP contribution in [0.15, 0.2) is 30.3 Å². The Kier molecular flexibility index (Phi) is 12.3. The van der Waals surface area contributed by atoms with Crippen LogP contribution in [0.4, 0.5) is 0 Å². The highest BCUT2D eigenvalue weighted by Crippen LogP contribution is 2.10. The standard InChI is InChI=1S/C14H21.BrH.Mg/c1-2-3-4-5-6-8-11-14-12-9-7-10-13-14;;/h7,9-10,12-13H,1-6,8,11H2;1H;. The molecule has 0 atom stereocenters. The van der Waals surface area contributed by atoms with E-state index in [9.17, 15) is 0 Å². The third-order valence-corrected chi connectivity index (χ3v) is 3.31. The van der Waals surface area contributed by atoms with Gasteiger partial charge in [-0.25, -0.2) is 0 Å². The lowest BCUT2D eigenvalue weighted by molar-refractivity contribution is 0.607. The van der Waals surface area contributed by atoms with Crippen LogP contribution in [0.2, 0.25) is 4.55 Å². The highest BCUT2D eigenvalue weighted by molar-refractivity contribution is 8.93. The second kappa shape index (κ2) is 11.9. The Morgan fingerprint density at radius 1 is 0.750 bits per heavy atom. The smallest absolute Gasteiger partial charge is 0.177 e. The molecule has 1 aromatic rings. The first-order valence-corrected chi connectivity index (χ1v) is 7.26. The van der Waals surface area contributed by atoms with Crippen molar-refractivity contribution in [1.82, 2.24) is 0 Å². The molecule has 0 bridgehead atoms. The maximum Gasteiger partial charge on any atom is 0.222 e. The molecule has 0 nitrogen and oxygen atoms in total. The molecular weight excluding hydrogens is 272 g/mol. The van der Waals surface area contributed by atoms with Crippen molar-refractivity contribution in [2.45, 2.75) is 49.5 Å². The van der Waals surface area contributed by atoms with E-state index in [1.807, 2.05) is 0 Å². The zero-order valence-electron chi connectivity index (χ0n) is 10.2. The zero-order valence-corrected chi connectivity index (χ0v) is 13.3. The molecule has 0 aromatic heterocycles. The van der Waals surface area contributed by atoms with Crippen molar-refractivity contribution in [2.24, 2.45) is 0 Å². The van der Waals surface area contributed by atoms with E-state index in [4.69, 9.17) is 0 Å². The maximum atomic E-state index is 2.23. The minimum Gasteiger partial charge on any atom is -0.177 e. The fraction of sp³-hybridized carbons (Fsp3) is 0.571. The van der Waals surface area contributed by atoms with Gasteiger partial charge in [-0.3, -0.25) is 0 Å². The maximum absolute atomic E-state index is 2.23. The number of rotatable bonds is 8. The van der Waals surface area contributed by atoms with Gasteiger partial charge >= 0.3 is 0 Å². The molecule has 0 saturated carbocycles. The van der Waals surface area contributed by atoms with Gasteiger partial charge in [0.15, 0.2) is 0 Å². The molecule has 2 heteroatoms. The van der Waals surface area contributed by atoms with E-state index in [1.165, 1.54) is 55.1 Å². The Bertz CT molecular complexity index is 236. The summed E-state index contributed by atoms with van der Waals surface area (Å²) >= 11 is 2.10. The third-order valence-electron chi connectivity index (χ3n) is 2.81. The Labute approximate surface area is 123 Å². The first kappa shape index (κ1) is 16.5. The number of halogens is 1. The fourth-order valence-corrected chi connectivity index (χ4v) is 2.21. The topological polar surface area (TPSA) is 0 Å². The summed E-state index contributed by atoms with van der Waals surface area (Å²) in [4.78, 5) is 0. The molecule has 0 aliphatic heterocycles. The van der Waals surface area contributed by atoms with E-state index in [-0.39, 0.29) is 17.0 Å². The van der Waals surface area contributed by atoms with Crippen molar-refractivity contribution in [1.29, 1.82) is 0 Å². The quantitative estimate of drug-likeness (QED) is 0.480. The summed E-state index contributed by atoms with van der Waals surface area (Å²) in [5.41, 5.74) is 1.49. The molecule has 16 heavy (non-hydrogen) atoms. The van der Waals surface area contributed by atoms with Gasteiger partial charge in [0, 0.05) is 0 Å². The zero-order chi connectivity index (χ0) is 10.8. The first-order valence-electron chi connectivity index (χ1n) is 6.26. The fourth-order valence-electron chi connectivity index (χ4n) is 1.86. The number of benzene rings is 1. The van der Waals surface area contributed by atoms with Crippen LogP contribution in [0.1, 0.15) is 44.1 Å². The van der Waals surface area contributed by atoms with Crippen molar-refractivity contribution in [3.05, 3.63) is 35.9 Å². The molecule has 0 heterocycles. The van der Waals surface area contributed by atoms with Crippen LogP contribution < -0.4 is 0 Å². The highest BCUT2D eigenvalue weighted by Gasteiger charge is 1.92. The Morgan fingerprint density at radius 2 is 1.31 bits per heavy atom. The lowest BCUT2D eigenvalue weighted by Gasteiger charge is -2.02. The van der Waals surface area contributed by atoms with E-state index in [0.717, 1.165) is 0 Å². The largest absolute Gasteiger partial charge is 0.222 e. The minimum atomic E-state index is 0. The average Bonchev–Trinajstić information content (AvgIpc) is 2.29. The van der Waals surface area contributed by atoms with Gasteiger partial charge in [-0.2, -0.15) is 4.55 Å². The third kappa shape index (κ3) is 8.60. The van der Waals surface area contributed by atoms with E-state index >= 15 is 0 Å². The second-order valence-corrected chi connectivity index (χ2v) is 4.92. The van der Waals surface area contributed by atoms with E-state index < -0.39 is 0 Å². The normalized spacial score (nSPS) is 9.69. The number of hydrogen-bond acceptors (Lipinski definition) is 0. The van der Waals surface area contributed by atoms with Gasteiger partial charge in [-0.05, 0) is 18.4 Å². The van der Waals surface area contributed by atoms with E-state index in [1.54, 1.807) is 0 Å².